The lowest BCUT2D eigenvalue weighted by Gasteiger charge is -2.02. The third-order valence-electron chi connectivity index (χ3n) is 1.46. The van der Waals surface area contributed by atoms with E-state index in [2.05, 4.69) is 15.0 Å². The molecule has 1 atom stereocenters. The summed E-state index contributed by atoms with van der Waals surface area (Å²) >= 11 is 5.58. The van der Waals surface area contributed by atoms with Crippen LogP contribution in [0.25, 0.3) is 10.4 Å². The third kappa shape index (κ3) is 2.12. The van der Waals surface area contributed by atoms with Crippen molar-refractivity contribution in [1.82, 2.24) is 4.98 Å². The van der Waals surface area contributed by atoms with Crippen molar-refractivity contribution in [3.63, 3.8) is 0 Å². The Morgan fingerprint density at radius 3 is 2.92 bits per heavy atom. The normalized spacial score (nSPS) is 11.8. The molecule has 1 aromatic rings. The molecule has 1 unspecified atom stereocenters. The van der Waals surface area contributed by atoms with Crippen molar-refractivity contribution < 1.29 is 0 Å². The molecule has 0 N–H and O–H groups in total. The Bertz CT molecular complexity index is 302. The second kappa shape index (κ2) is 3.95. The van der Waals surface area contributed by atoms with Crippen molar-refractivity contribution in [2.75, 3.05) is 0 Å². The summed E-state index contributed by atoms with van der Waals surface area (Å²) < 4.78 is 0. The number of hydrogen-bond donors (Lipinski definition) is 0. The molecule has 1 rings (SSSR count). The molecule has 0 radical (unpaired) electrons. The Labute approximate surface area is 74.8 Å². The molecule has 0 aromatic carbocycles. The Balaban J connectivity index is 2.89. The molecule has 5 heteroatoms. The lowest BCUT2D eigenvalue weighted by atomic mass is 10.2. The Morgan fingerprint density at radius 2 is 2.42 bits per heavy atom. The van der Waals surface area contributed by atoms with Crippen LogP contribution < -0.4 is 0 Å². The average molecular weight is 183 g/mol. The minimum absolute atomic E-state index is 0.195. The van der Waals surface area contributed by atoms with Gasteiger partial charge in [0.15, 0.2) is 0 Å². The fourth-order valence-corrected chi connectivity index (χ4v) is 0.890. The predicted octanol–water partition coefficient (Wildman–Crippen LogP) is 3.11. The lowest BCUT2D eigenvalue weighted by molar-refractivity contribution is 0.801. The largest absolute Gasteiger partial charge is 0.244 e. The van der Waals surface area contributed by atoms with Crippen LogP contribution in [0.1, 0.15) is 18.5 Å². The van der Waals surface area contributed by atoms with Gasteiger partial charge >= 0.3 is 0 Å². The van der Waals surface area contributed by atoms with Crippen molar-refractivity contribution in [3.8, 4) is 0 Å². The van der Waals surface area contributed by atoms with Crippen LogP contribution >= 0.6 is 11.6 Å². The molecular formula is C7H7ClN4. The summed E-state index contributed by atoms with van der Waals surface area (Å²) in [7, 11) is 0. The molecule has 0 spiro atoms. The first kappa shape index (κ1) is 8.84. The van der Waals surface area contributed by atoms with E-state index in [4.69, 9.17) is 17.1 Å². The average Bonchev–Trinajstić information content (AvgIpc) is 2.06. The number of aromatic nitrogens is 1. The Hall–Kier alpha value is -1.25. The molecule has 0 bridgehead atoms. The van der Waals surface area contributed by atoms with E-state index in [1.165, 1.54) is 0 Å². The minimum Gasteiger partial charge on any atom is -0.244 e. The quantitative estimate of drug-likeness (QED) is 0.300. The second-order valence-corrected chi connectivity index (χ2v) is 2.68. The molecule has 1 heterocycles. The summed E-state index contributed by atoms with van der Waals surface area (Å²) in [4.78, 5) is 6.56. The standard InChI is InChI=1S/C7H7ClN4/c1-5(11-12-9)6-2-3-7(8)10-4-6/h2-5H,1H3. The summed E-state index contributed by atoms with van der Waals surface area (Å²) in [5.74, 6) is 0. The molecule has 0 aliphatic rings. The summed E-state index contributed by atoms with van der Waals surface area (Å²) in [6.45, 7) is 1.80. The first-order valence-electron chi connectivity index (χ1n) is 3.39. The molecular weight excluding hydrogens is 176 g/mol. The molecule has 4 nitrogen and oxygen atoms in total. The number of rotatable bonds is 2. The van der Waals surface area contributed by atoms with Crippen molar-refractivity contribution >= 4 is 11.6 Å². The van der Waals surface area contributed by atoms with Crippen molar-refractivity contribution in [3.05, 3.63) is 39.5 Å². The zero-order valence-corrected chi connectivity index (χ0v) is 7.23. The maximum atomic E-state index is 8.16. The van der Waals surface area contributed by atoms with Gasteiger partial charge in [0.05, 0.1) is 6.04 Å². The molecule has 0 saturated carbocycles. The third-order valence-corrected chi connectivity index (χ3v) is 1.68. The first-order valence-corrected chi connectivity index (χ1v) is 3.77. The van der Waals surface area contributed by atoms with Crippen molar-refractivity contribution in [2.24, 2.45) is 5.11 Å². The Kier molecular flexibility index (Phi) is 2.91. The molecule has 0 aliphatic heterocycles. The number of nitrogens with zero attached hydrogens (tertiary/aromatic N) is 4. The first-order chi connectivity index (χ1) is 5.74. The fourth-order valence-electron chi connectivity index (χ4n) is 0.779. The van der Waals surface area contributed by atoms with Gasteiger partial charge in [-0.15, -0.1) is 0 Å². The van der Waals surface area contributed by atoms with Crippen LogP contribution in [0.15, 0.2) is 23.4 Å². The highest BCUT2D eigenvalue weighted by Gasteiger charge is 2.01. The van der Waals surface area contributed by atoms with Crippen LogP contribution in [0.4, 0.5) is 0 Å². The minimum atomic E-state index is -0.195. The number of hydrogen-bond acceptors (Lipinski definition) is 2. The van der Waals surface area contributed by atoms with Gasteiger partial charge in [0.25, 0.3) is 0 Å². The number of azide groups is 1. The smallest absolute Gasteiger partial charge is 0.129 e. The topological polar surface area (TPSA) is 61.7 Å². The van der Waals surface area contributed by atoms with E-state index in [1.54, 1.807) is 25.3 Å². The van der Waals surface area contributed by atoms with Crippen LogP contribution in [-0.2, 0) is 0 Å². The van der Waals surface area contributed by atoms with Gasteiger partial charge in [-0.2, -0.15) is 0 Å². The predicted molar refractivity (Wildman–Crippen MR) is 46.8 cm³/mol. The van der Waals surface area contributed by atoms with Gasteiger partial charge in [-0.25, -0.2) is 4.98 Å². The van der Waals surface area contributed by atoms with Gasteiger partial charge in [-0.05, 0) is 17.2 Å². The molecule has 1 aromatic heterocycles. The van der Waals surface area contributed by atoms with Crippen LogP contribution in [0, 0.1) is 0 Å². The van der Waals surface area contributed by atoms with E-state index in [1.807, 2.05) is 0 Å². The van der Waals surface area contributed by atoms with E-state index in [9.17, 15) is 0 Å². The van der Waals surface area contributed by atoms with Crippen LogP contribution in [0.3, 0.4) is 0 Å². The molecule has 12 heavy (non-hydrogen) atoms. The molecule has 0 aliphatic carbocycles. The van der Waals surface area contributed by atoms with Gasteiger partial charge < -0.3 is 0 Å². The highest BCUT2D eigenvalue weighted by atomic mass is 35.5. The van der Waals surface area contributed by atoms with Gasteiger partial charge in [-0.1, -0.05) is 29.7 Å². The van der Waals surface area contributed by atoms with Crippen LogP contribution in [0.5, 0.6) is 0 Å². The summed E-state index contributed by atoms with van der Waals surface area (Å²) in [6.07, 6.45) is 1.60. The van der Waals surface area contributed by atoms with E-state index in [-0.39, 0.29) is 6.04 Å². The van der Waals surface area contributed by atoms with Gasteiger partial charge in [0.1, 0.15) is 5.15 Å². The van der Waals surface area contributed by atoms with E-state index < -0.39 is 0 Å². The van der Waals surface area contributed by atoms with Crippen molar-refractivity contribution in [2.45, 2.75) is 13.0 Å². The number of pyridine rings is 1. The van der Waals surface area contributed by atoms with Crippen LogP contribution in [0.2, 0.25) is 5.15 Å². The molecule has 0 fully saturated rings. The summed E-state index contributed by atoms with van der Waals surface area (Å²) in [5, 5.41) is 3.96. The van der Waals surface area contributed by atoms with Gasteiger partial charge in [-0.3, -0.25) is 0 Å². The van der Waals surface area contributed by atoms with Crippen LogP contribution in [-0.4, -0.2) is 4.98 Å². The molecule has 62 valence electrons. The van der Waals surface area contributed by atoms with Gasteiger partial charge in [0.2, 0.25) is 0 Å². The van der Waals surface area contributed by atoms with E-state index in [0.29, 0.717) is 5.15 Å². The highest BCUT2D eigenvalue weighted by Crippen LogP contribution is 2.16. The maximum absolute atomic E-state index is 8.16. The fraction of sp³-hybridized carbons (Fsp3) is 0.286. The van der Waals surface area contributed by atoms with E-state index >= 15 is 0 Å². The summed E-state index contributed by atoms with van der Waals surface area (Å²) in [6, 6.07) is 3.26. The number of halogens is 1. The lowest BCUT2D eigenvalue weighted by Crippen LogP contribution is -1.88. The maximum Gasteiger partial charge on any atom is 0.129 e. The Morgan fingerprint density at radius 1 is 1.67 bits per heavy atom. The summed E-state index contributed by atoms with van der Waals surface area (Å²) in [5.41, 5.74) is 9.02. The molecule has 0 saturated heterocycles. The zero-order chi connectivity index (χ0) is 8.97. The van der Waals surface area contributed by atoms with E-state index in [0.717, 1.165) is 5.56 Å². The monoisotopic (exact) mass is 182 g/mol. The highest BCUT2D eigenvalue weighted by molar-refractivity contribution is 6.29. The van der Waals surface area contributed by atoms with Gasteiger partial charge in [0, 0.05) is 11.1 Å². The molecule has 0 amide bonds. The zero-order valence-electron chi connectivity index (χ0n) is 6.48. The second-order valence-electron chi connectivity index (χ2n) is 2.30. The van der Waals surface area contributed by atoms with Crippen molar-refractivity contribution in [1.29, 1.82) is 0 Å². The SMILES string of the molecule is CC(N=[N+]=[N-])c1ccc(Cl)nc1.